The van der Waals surface area contributed by atoms with Crippen LogP contribution in [0.4, 0.5) is 5.69 Å². The monoisotopic (exact) mass is 266 g/mol. The van der Waals surface area contributed by atoms with Crippen LogP contribution in [0.25, 0.3) is 0 Å². The van der Waals surface area contributed by atoms with Crippen LogP contribution in [-0.4, -0.2) is 25.7 Å². The molecule has 0 radical (unpaired) electrons. The molecule has 1 aromatic rings. The van der Waals surface area contributed by atoms with Crippen molar-refractivity contribution >= 4 is 11.6 Å². The zero-order valence-electron chi connectivity index (χ0n) is 11.7. The first-order chi connectivity index (χ1) is 9.12. The summed E-state index contributed by atoms with van der Waals surface area (Å²) in [6, 6.07) is 4.78. The van der Waals surface area contributed by atoms with Gasteiger partial charge in [-0.2, -0.15) is 0 Å². The van der Waals surface area contributed by atoms with Crippen molar-refractivity contribution in [2.24, 2.45) is 5.73 Å². The Morgan fingerprint density at radius 2 is 2.11 bits per heavy atom. The number of carbonyl (C=O) groups is 1. The third-order valence-corrected chi connectivity index (χ3v) is 2.67. The number of hydrogen-bond donors (Lipinski definition) is 2. The zero-order valence-corrected chi connectivity index (χ0v) is 11.7. The van der Waals surface area contributed by atoms with Gasteiger partial charge in [-0.25, -0.2) is 0 Å². The first kappa shape index (κ1) is 15.3. The average Bonchev–Trinajstić information content (AvgIpc) is 2.41. The number of carbonyl (C=O) groups excluding carboxylic acids is 1. The third-order valence-electron chi connectivity index (χ3n) is 2.67. The van der Waals surface area contributed by atoms with Crippen LogP contribution in [0.5, 0.6) is 11.5 Å². The summed E-state index contributed by atoms with van der Waals surface area (Å²) in [6.07, 6.45) is 1.54. The number of hydrogen-bond acceptors (Lipinski definition) is 4. The molecule has 1 rings (SSSR count). The molecule has 0 spiro atoms. The van der Waals surface area contributed by atoms with Gasteiger partial charge in [0, 0.05) is 11.8 Å². The van der Waals surface area contributed by atoms with E-state index in [1.807, 2.05) is 13.8 Å². The average molecular weight is 266 g/mol. The predicted molar refractivity (Wildman–Crippen MR) is 75.7 cm³/mol. The zero-order chi connectivity index (χ0) is 14.3. The van der Waals surface area contributed by atoms with Crippen molar-refractivity contribution in [3.63, 3.8) is 0 Å². The SMILES string of the molecule is CCC[C@@H](N)C(=O)Nc1ccc(OCC)c(OC)c1. The van der Waals surface area contributed by atoms with E-state index in [4.69, 9.17) is 15.2 Å². The van der Waals surface area contributed by atoms with Crippen molar-refractivity contribution in [2.45, 2.75) is 32.7 Å². The molecule has 106 valence electrons. The van der Waals surface area contributed by atoms with Crippen LogP contribution in [0.15, 0.2) is 18.2 Å². The summed E-state index contributed by atoms with van der Waals surface area (Å²) in [5.41, 5.74) is 6.41. The highest BCUT2D eigenvalue weighted by atomic mass is 16.5. The van der Waals surface area contributed by atoms with Crippen LogP contribution in [0.1, 0.15) is 26.7 Å². The minimum absolute atomic E-state index is 0.187. The molecular weight excluding hydrogens is 244 g/mol. The Morgan fingerprint density at radius 1 is 1.37 bits per heavy atom. The van der Waals surface area contributed by atoms with Crippen LogP contribution >= 0.6 is 0 Å². The molecule has 0 saturated carbocycles. The van der Waals surface area contributed by atoms with Crippen LogP contribution in [0, 0.1) is 0 Å². The number of nitrogens with two attached hydrogens (primary N) is 1. The maximum Gasteiger partial charge on any atom is 0.241 e. The molecule has 0 fully saturated rings. The molecule has 1 aromatic carbocycles. The molecule has 0 aliphatic heterocycles. The minimum atomic E-state index is -0.484. The molecule has 1 amide bonds. The lowest BCUT2D eigenvalue weighted by Crippen LogP contribution is -2.35. The van der Waals surface area contributed by atoms with Crippen LogP contribution < -0.4 is 20.5 Å². The molecule has 3 N–H and O–H groups in total. The maximum atomic E-state index is 11.8. The molecule has 0 bridgehead atoms. The van der Waals surface area contributed by atoms with E-state index >= 15 is 0 Å². The molecule has 5 heteroatoms. The highest BCUT2D eigenvalue weighted by Gasteiger charge is 2.13. The summed E-state index contributed by atoms with van der Waals surface area (Å²) in [7, 11) is 1.56. The number of rotatable bonds is 7. The van der Waals surface area contributed by atoms with Gasteiger partial charge < -0.3 is 20.5 Å². The summed E-state index contributed by atoms with van der Waals surface area (Å²) < 4.78 is 10.6. The fourth-order valence-electron chi connectivity index (χ4n) is 1.70. The van der Waals surface area contributed by atoms with E-state index in [-0.39, 0.29) is 5.91 Å². The largest absolute Gasteiger partial charge is 0.493 e. The van der Waals surface area contributed by atoms with Gasteiger partial charge in [-0.15, -0.1) is 0 Å². The fourth-order valence-corrected chi connectivity index (χ4v) is 1.70. The summed E-state index contributed by atoms with van der Waals surface area (Å²) in [6.45, 7) is 4.45. The Hall–Kier alpha value is -1.75. The summed E-state index contributed by atoms with van der Waals surface area (Å²) in [4.78, 5) is 11.8. The topological polar surface area (TPSA) is 73.6 Å². The van der Waals surface area contributed by atoms with Gasteiger partial charge in [-0.05, 0) is 25.5 Å². The van der Waals surface area contributed by atoms with Crippen molar-refractivity contribution in [3.05, 3.63) is 18.2 Å². The minimum Gasteiger partial charge on any atom is -0.493 e. The molecular formula is C14H22N2O3. The van der Waals surface area contributed by atoms with E-state index in [1.54, 1.807) is 25.3 Å². The third kappa shape index (κ3) is 4.44. The second-order valence-corrected chi connectivity index (χ2v) is 4.18. The van der Waals surface area contributed by atoms with Crippen molar-refractivity contribution in [1.82, 2.24) is 0 Å². The number of ether oxygens (including phenoxy) is 2. The van der Waals surface area contributed by atoms with Gasteiger partial charge in [-0.1, -0.05) is 13.3 Å². The van der Waals surface area contributed by atoms with E-state index in [1.165, 1.54) is 0 Å². The van der Waals surface area contributed by atoms with E-state index in [9.17, 15) is 4.79 Å². The number of amides is 1. The van der Waals surface area contributed by atoms with Gasteiger partial charge in [0.05, 0.1) is 19.8 Å². The lowest BCUT2D eigenvalue weighted by molar-refractivity contribution is -0.117. The molecule has 0 unspecified atom stereocenters. The van der Waals surface area contributed by atoms with Crippen LogP contribution in [-0.2, 0) is 4.79 Å². The van der Waals surface area contributed by atoms with Gasteiger partial charge in [-0.3, -0.25) is 4.79 Å². The summed E-state index contributed by atoms with van der Waals surface area (Å²) in [5, 5.41) is 2.77. The maximum absolute atomic E-state index is 11.8. The van der Waals surface area contributed by atoms with Crippen molar-refractivity contribution < 1.29 is 14.3 Å². The van der Waals surface area contributed by atoms with Gasteiger partial charge in [0.25, 0.3) is 0 Å². The van der Waals surface area contributed by atoms with Crippen molar-refractivity contribution in [3.8, 4) is 11.5 Å². The highest BCUT2D eigenvalue weighted by molar-refractivity contribution is 5.94. The molecule has 1 atom stereocenters. The Balaban J connectivity index is 2.76. The molecule has 0 aliphatic rings. The quantitative estimate of drug-likeness (QED) is 0.793. The van der Waals surface area contributed by atoms with Crippen molar-refractivity contribution in [1.29, 1.82) is 0 Å². The Bertz CT molecular complexity index is 421. The standard InChI is InChI=1S/C14H22N2O3/c1-4-6-11(15)14(17)16-10-7-8-12(19-5-2)13(9-10)18-3/h7-9,11H,4-6,15H2,1-3H3,(H,16,17)/t11-/m1/s1. The second kappa shape index (κ2) is 7.63. The first-order valence-electron chi connectivity index (χ1n) is 6.49. The van der Waals surface area contributed by atoms with Crippen LogP contribution in [0.3, 0.4) is 0 Å². The summed E-state index contributed by atoms with van der Waals surface area (Å²) in [5.74, 6) is 1.05. The van der Waals surface area contributed by atoms with Gasteiger partial charge in [0.2, 0.25) is 5.91 Å². The Kier molecular flexibility index (Phi) is 6.15. The molecule has 0 saturated heterocycles. The Morgan fingerprint density at radius 3 is 2.68 bits per heavy atom. The van der Waals surface area contributed by atoms with Crippen molar-refractivity contribution in [2.75, 3.05) is 19.0 Å². The number of benzene rings is 1. The number of anilines is 1. The van der Waals surface area contributed by atoms with E-state index in [0.717, 1.165) is 6.42 Å². The smallest absolute Gasteiger partial charge is 0.241 e. The van der Waals surface area contributed by atoms with Gasteiger partial charge >= 0.3 is 0 Å². The van der Waals surface area contributed by atoms with Crippen LogP contribution in [0.2, 0.25) is 0 Å². The van der Waals surface area contributed by atoms with E-state index < -0.39 is 6.04 Å². The first-order valence-corrected chi connectivity index (χ1v) is 6.49. The molecule has 19 heavy (non-hydrogen) atoms. The number of nitrogens with one attached hydrogen (secondary N) is 1. The molecule has 5 nitrogen and oxygen atoms in total. The Labute approximate surface area is 114 Å². The molecule has 0 aliphatic carbocycles. The second-order valence-electron chi connectivity index (χ2n) is 4.18. The fraction of sp³-hybridized carbons (Fsp3) is 0.500. The lowest BCUT2D eigenvalue weighted by atomic mass is 10.1. The lowest BCUT2D eigenvalue weighted by Gasteiger charge is -2.14. The number of methoxy groups -OCH3 is 1. The van der Waals surface area contributed by atoms with Gasteiger partial charge in [0.1, 0.15) is 0 Å². The summed E-state index contributed by atoms with van der Waals surface area (Å²) >= 11 is 0. The predicted octanol–water partition coefficient (Wildman–Crippen LogP) is 2.16. The highest BCUT2D eigenvalue weighted by Crippen LogP contribution is 2.30. The molecule has 0 aromatic heterocycles. The van der Waals surface area contributed by atoms with E-state index in [0.29, 0.717) is 30.2 Å². The molecule has 0 heterocycles. The van der Waals surface area contributed by atoms with Gasteiger partial charge in [0.15, 0.2) is 11.5 Å². The van der Waals surface area contributed by atoms with E-state index in [2.05, 4.69) is 5.32 Å². The normalized spacial score (nSPS) is 11.8.